The average Bonchev–Trinajstić information content (AvgIpc) is 3.30. The van der Waals surface area contributed by atoms with Crippen molar-refractivity contribution in [1.82, 2.24) is 24.1 Å². The first-order chi connectivity index (χ1) is 17.0. The Bertz CT molecular complexity index is 1180. The number of pyridine rings is 1. The molecule has 3 aromatic rings. The summed E-state index contributed by atoms with van der Waals surface area (Å²) in [5.41, 5.74) is 3.58. The van der Waals surface area contributed by atoms with Gasteiger partial charge in [-0.3, -0.25) is 14.5 Å². The molecule has 2 fully saturated rings. The van der Waals surface area contributed by atoms with Crippen molar-refractivity contribution in [3.63, 3.8) is 0 Å². The van der Waals surface area contributed by atoms with E-state index in [0.29, 0.717) is 37.6 Å². The third-order valence-corrected chi connectivity index (χ3v) is 6.86. The van der Waals surface area contributed by atoms with Gasteiger partial charge in [-0.05, 0) is 62.1 Å². The zero-order valence-electron chi connectivity index (χ0n) is 20.4. The van der Waals surface area contributed by atoms with Gasteiger partial charge in [0.05, 0.1) is 12.2 Å². The van der Waals surface area contributed by atoms with E-state index in [9.17, 15) is 9.59 Å². The molecule has 2 aliphatic rings. The van der Waals surface area contributed by atoms with E-state index in [4.69, 9.17) is 4.74 Å². The number of aryl methyl sites for hydroxylation is 1. The standard InChI is InChI=1S/C27H33N5O3/c1-21-5-10-25-28-23(18-32(25)17-21)20-35-24-8-6-22(7-9-24)27(34)31-15-13-29(14-16-31)19-26(33)30-11-3-2-4-12-30/h5-10,17-18H,2-4,11-16,19-20H2,1H3. The lowest BCUT2D eigenvalue weighted by Gasteiger charge is -2.36. The number of carbonyl (C=O) groups is 2. The summed E-state index contributed by atoms with van der Waals surface area (Å²) in [5, 5.41) is 0. The van der Waals surface area contributed by atoms with Gasteiger partial charge in [0.1, 0.15) is 18.0 Å². The first-order valence-electron chi connectivity index (χ1n) is 12.5. The van der Waals surface area contributed by atoms with Gasteiger partial charge >= 0.3 is 0 Å². The van der Waals surface area contributed by atoms with Gasteiger partial charge in [0.2, 0.25) is 5.91 Å². The van der Waals surface area contributed by atoms with Crippen LogP contribution in [0, 0.1) is 6.92 Å². The van der Waals surface area contributed by atoms with Gasteiger partial charge in [0, 0.05) is 57.2 Å². The predicted molar refractivity (Wildman–Crippen MR) is 133 cm³/mol. The van der Waals surface area contributed by atoms with Gasteiger partial charge in [-0.1, -0.05) is 6.07 Å². The molecule has 2 amide bonds. The number of likely N-dealkylation sites (tertiary alicyclic amines) is 1. The summed E-state index contributed by atoms with van der Waals surface area (Å²) in [5.74, 6) is 0.948. The van der Waals surface area contributed by atoms with Gasteiger partial charge in [-0.25, -0.2) is 4.98 Å². The van der Waals surface area contributed by atoms with Crippen molar-refractivity contribution in [2.45, 2.75) is 32.8 Å². The number of piperidine rings is 1. The molecule has 0 unspecified atom stereocenters. The number of fused-ring (bicyclic) bond motifs is 1. The van der Waals surface area contributed by atoms with Crippen LogP contribution in [0.2, 0.25) is 0 Å². The predicted octanol–water partition coefficient (Wildman–Crippen LogP) is 2.99. The Morgan fingerprint density at radius 3 is 2.34 bits per heavy atom. The number of amides is 2. The molecule has 2 saturated heterocycles. The highest BCUT2D eigenvalue weighted by Gasteiger charge is 2.25. The molecule has 1 aromatic carbocycles. The van der Waals surface area contributed by atoms with E-state index in [1.54, 1.807) is 0 Å². The molecule has 184 valence electrons. The Hall–Kier alpha value is -3.39. The van der Waals surface area contributed by atoms with Crippen molar-refractivity contribution in [2.24, 2.45) is 0 Å². The maximum atomic E-state index is 13.0. The van der Waals surface area contributed by atoms with Crippen LogP contribution < -0.4 is 4.74 Å². The van der Waals surface area contributed by atoms with E-state index in [-0.39, 0.29) is 11.8 Å². The van der Waals surface area contributed by atoms with Gasteiger partial charge in [0.25, 0.3) is 5.91 Å². The normalized spacial score (nSPS) is 17.1. The highest BCUT2D eigenvalue weighted by molar-refractivity contribution is 5.94. The SMILES string of the molecule is Cc1ccc2nc(COc3ccc(C(=O)N4CCN(CC(=O)N5CCCCC5)CC4)cc3)cn2c1. The molecule has 2 aliphatic heterocycles. The smallest absolute Gasteiger partial charge is 0.253 e. The van der Waals surface area contributed by atoms with Crippen molar-refractivity contribution in [2.75, 3.05) is 45.8 Å². The summed E-state index contributed by atoms with van der Waals surface area (Å²) in [7, 11) is 0. The van der Waals surface area contributed by atoms with Crippen molar-refractivity contribution < 1.29 is 14.3 Å². The van der Waals surface area contributed by atoms with Crippen LogP contribution >= 0.6 is 0 Å². The fourth-order valence-corrected chi connectivity index (χ4v) is 4.80. The van der Waals surface area contributed by atoms with Crippen LogP contribution in [0.3, 0.4) is 0 Å². The number of piperazine rings is 1. The molecular weight excluding hydrogens is 442 g/mol. The van der Waals surface area contributed by atoms with E-state index in [0.717, 1.165) is 50.4 Å². The molecule has 4 heterocycles. The minimum absolute atomic E-state index is 0.0225. The molecule has 35 heavy (non-hydrogen) atoms. The minimum atomic E-state index is 0.0225. The summed E-state index contributed by atoms with van der Waals surface area (Å²) in [6.45, 7) is 7.37. The monoisotopic (exact) mass is 475 g/mol. The topological polar surface area (TPSA) is 70.4 Å². The molecule has 2 aromatic heterocycles. The van der Waals surface area contributed by atoms with Crippen LogP contribution in [-0.2, 0) is 11.4 Å². The number of hydrogen-bond acceptors (Lipinski definition) is 5. The van der Waals surface area contributed by atoms with E-state index in [1.807, 2.05) is 63.0 Å². The zero-order chi connectivity index (χ0) is 24.2. The number of carbonyl (C=O) groups excluding carboxylic acids is 2. The summed E-state index contributed by atoms with van der Waals surface area (Å²) in [6, 6.07) is 11.3. The second kappa shape index (κ2) is 10.5. The number of benzene rings is 1. The van der Waals surface area contributed by atoms with Crippen molar-refractivity contribution in [3.05, 3.63) is 65.6 Å². The second-order valence-electron chi connectivity index (χ2n) is 9.53. The largest absolute Gasteiger partial charge is 0.487 e. The number of ether oxygens (including phenoxy) is 1. The average molecular weight is 476 g/mol. The van der Waals surface area contributed by atoms with E-state index in [2.05, 4.69) is 16.8 Å². The molecule has 5 rings (SSSR count). The zero-order valence-corrected chi connectivity index (χ0v) is 20.4. The maximum Gasteiger partial charge on any atom is 0.253 e. The molecule has 8 heteroatoms. The molecule has 0 bridgehead atoms. The summed E-state index contributed by atoms with van der Waals surface area (Å²) >= 11 is 0. The molecule has 0 saturated carbocycles. The lowest BCUT2D eigenvalue weighted by atomic mass is 10.1. The Kier molecular flexibility index (Phi) is 6.99. The highest BCUT2D eigenvalue weighted by atomic mass is 16.5. The number of nitrogens with zero attached hydrogens (tertiary/aromatic N) is 5. The molecule has 0 spiro atoms. The van der Waals surface area contributed by atoms with E-state index < -0.39 is 0 Å². The number of rotatable bonds is 6. The molecule has 0 aliphatic carbocycles. The van der Waals surface area contributed by atoms with Crippen molar-refractivity contribution in [3.8, 4) is 5.75 Å². The maximum absolute atomic E-state index is 13.0. The van der Waals surface area contributed by atoms with E-state index in [1.165, 1.54) is 12.0 Å². The number of aromatic nitrogens is 2. The Labute approximate surface area is 206 Å². The van der Waals surface area contributed by atoms with Crippen LogP contribution in [0.4, 0.5) is 0 Å². The third-order valence-electron chi connectivity index (χ3n) is 6.86. The highest BCUT2D eigenvalue weighted by Crippen LogP contribution is 2.17. The second-order valence-corrected chi connectivity index (χ2v) is 9.53. The first kappa shape index (κ1) is 23.4. The first-order valence-corrected chi connectivity index (χ1v) is 12.5. The summed E-state index contributed by atoms with van der Waals surface area (Å²) < 4.78 is 7.89. The molecule has 0 radical (unpaired) electrons. The Morgan fingerprint density at radius 1 is 0.857 bits per heavy atom. The lowest BCUT2D eigenvalue weighted by Crippen LogP contribution is -2.52. The number of imidazole rings is 1. The molecule has 8 nitrogen and oxygen atoms in total. The van der Waals surface area contributed by atoms with Crippen LogP contribution in [-0.4, -0.2) is 81.7 Å². The third kappa shape index (κ3) is 5.65. The number of hydrogen-bond donors (Lipinski definition) is 0. The summed E-state index contributed by atoms with van der Waals surface area (Å²) in [6.07, 6.45) is 7.45. The van der Waals surface area contributed by atoms with E-state index >= 15 is 0 Å². The molecule has 0 atom stereocenters. The van der Waals surface area contributed by atoms with Gasteiger partial charge in [-0.2, -0.15) is 0 Å². The minimum Gasteiger partial charge on any atom is -0.487 e. The quantitative estimate of drug-likeness (QED) is 0.548. The van der Waals surface area contributed by atoms with Crippen LogP contribution in [0.1, 0.15) is 40.9 Å². The van der Waals surface area contributed by atoms with Gasteiger partial charge in [-0.15, -0.1) is 0 Å². The Morgan fingerprint density at radius 2 is 1.60 bits per heavy atom. The van der Waals surface area contributed by atoms with Gasteiger partial charge < -0.3 is 18.9 Å². The Balaban J connectivity index is 1.09. The van der Waals surface area contributed by atoms with Crippen LogP contribution in [0.25, 0.3) is 5.65 Å². The lowest BCUT2D eigenvalue weighted by molar-refractivity contribution is -0.133. The fraction of sp³-hybridized carbons (Fsp3) is 0.444. The van der Waals surface area contributed by atoms with Crippen LogP contribution in [0.5, 0.6) is 5.75 Å². The van der Waals surface area contributed by atoms with Crippen molar-refractivity contribution >= 4 is 17.5 Å². The fourth-order valence-electron chi connectivity index (χ4n) is 4.80. The molecule has 0 N–H and O–H groups in total. The summed E-state index contributed by atoms with van der Waals surface area (Å²) in [4.78, 5) is 36.1. The van der Waals surface area contributed by atoms with Crippen molar-refractivity contribution in [1.29, 1.82) is 0 Å². The molecular formula is C27H33N5O3. The van der Waals surface area contributed by atoms with Gasteiger partial charge in [0.15, 0.2) is 0 Å². The van der Waals surface area contributed by atoms with Crippen LogP contribution in [0.15, 0.2) is 48.8 Å².